The maximum Gasteiger partial charge on any atom is 0.323 e. The lowest BCUT2D eigenvalue weighted by atomic mass is 10.0. The zero-order valence-corrected chi connectivity index (χ0v) is 28.1. The summed E-state index contributed by atoms with van der Waals surface area (Å²) in [5, 5.41) is 18.5. The van der Waals surface area contributed by atoms with Crippen LogP contribution in [0.1, 0.15) is 35.3 Å². The van der Waals surface area contributed by atoms with E-state index in [0.717, 1.165) is 5.56 Å². The summed E-state index contributed by atoms with van der Waals surface area (Å²) < 4.78 is 6.65. The van der Waals surface area contributed by atoms with Crippen LogP contribution in [0.4, 0.5) is 27.5 Å². The molecule has 1 aliphatic heterocycles. The van der Waals surface area contributed by atoms with Crippen LogP contribution in [0, 0.1) is 5.92 Å². The lowest BCUT2D eigenvalue weighted by Crippen LogP contribution is -2.47. The highest BCUT2D eigenvalue weighted by atomic mass is 16.5. The molecule has 0 aliphatic carbocycles. The van der Waals surface area contributed by atoms with Crippen LogP contribution in [0.15, 0.2) is 97.1 Å². The van der Waals surface area contributed by atoms with Gasteiger partial charge in [-0.25, -0.2) is 4.79 Å². The molecule has 1 aliphatic rings. The molecule has 0 aromatic heterocycles. The normalized spacial score (nSPS) is 16.8. The second kappa shape index (κ2) is 16.1. The zero-order chi connectivity index (χ0) is 34.9. The first-order valence-corrected chi connectivity index (χ1v) is 16.4. The molecule has 0 unspecified atom stereocenters. The van der Waals surface area contributed by atoms with Gasteiger partial charge >= 0.3 is 6.03 Å². The molecule has 1 heterocycles. The average Bonchev–Trinajstić information content (AvgIpc) is 3.13. The van der Waals surface area contributed by atoms with Crippen LogP contribution in [0.3, 0.4) is 0 Å². The number of nitrogen functional groups attached to an aromatic ring is 1. The van der Waals surface area contributed by atoms with Crippen molar-refractivity contribution in [1.82, 2.24) is 9.80 Å². The number of amides is 4. The Kier molecular flexibility index (Phi) is 11.5. The number of carbonyl (C=O) groups excluding carboxylic acids is 3. The number of aliphatic hydroxyl groups is 1. The zero-order valence-electron chi connectivity index (χ0n) is 28.1. The van der Waals surface area contributed by atoms with Crippen molar-refractivity contribution < 1.29 is 24.2 Å². The van der Waals surface area contributed by atoms with Gasteiger partial charge in [0, 0.05) is 48.1 Å². The van der Waals surface area contributed by atoms with E-state index in [1.54, 1.807) is 59.5 Å². The standard InChI is InChI=1S/C38H44N6O5/c1-25-21-44(26(2)24-45)36(46)20-29-19-31(41-38(48)40-30-9-5-4-6-10-30)17-18-34(29)49-35(25)23-43(3)22-27-13-15-28(16-14-27)37(47)42-33-12-8-7-11-32(33)39/h4-19,25-26,35,45H,20-24,39H2,1-3H3,(H,42,47)(H2,40,41,48)/t25-,26-,35-/m1/s1. The third-order valence-corrected chi connectivity index (χ3v) is 8.58. The first-order valence-electron chi connectivity index (χ1n) is 16.4. The third kappa shape index (κ3) is 9.37. The fourth-order valence-electron chi connectivity index (χ4n) is 5.79. The summed E-state index contributed by atoms with van der Waals surface area (Å²) in [6.45, 7) is 5.27. The number of fused-ring (bicyclic) bond motifs is 1. The van der Waals surface area contributed by atoms with Gasteiger partial charge in [0.05, 0.1) is 30.4 Å². The molecule has 49 heavy (non-hydrogen) atoms. The smallest absolute Gasteiger partial charge is 0.323 e. The molecule has 11 nitrogen and oxygen atoms in total. The van der Waals surface area contributed by atoms with Crippen molar-refractivity contribution in [2.45, 2.75) is 39.0 Å². The quantitative estimate of drug-likeness (QED) is 0.142. The molecule has 0 radical (unpaired) electrons. The van der Waals surface area contributed by atoms with Crippen LogP contribution in [0.25, 0.3) is 0 Å². The summed E-state index contributed by atoms with van der Waals surface area (Å²) >= 11 is 0. The van der Waals surface area contributed by atoms with Crippen molar-refractivity contribution in [3.63, 3.8) is 0 Å². The molecule has 5 rings (SSSR count). The van der Waals surface area contributed by atoms with Crippen LogP contribution in [-0.2, 0) is 17.8 Å². The lowest BCUT2D eigenvalue weighted by molar-refractivity contribution is -0.134. The number of hydrogen-bond acceptors (Lipinski definition) is 7. The van der Waals surface area contributed by atoms with Gasteiger partial charge in [0.2, 0.25) is 5.91 Å². The predicted molar refractivity (Wildman–Crippen MR) is 193 cm³/mol. The monoisotopic (exact) mass is 664 g/mol. The largest absolute Gasteiger partial charge is 0.488 e. The Bertz CT molecular complexity index is 1750. The number of para-hydroxylation sites is 3. The molecule has 0 saturated heterocycles. The molecular weight excluding hydrogens is 620 g/mol. The van der Waals surface area contributed by atoms with Crippen molar-refractivity contribution in [3.05, 3.63) is 114 Å². The number of benzene rings is 4. The van der Waals surface area contributed by atoms with E-state index >= 15 is 0 Å². The van der Waals surface area contributed by atoms with Crippen molar-refractivity contribution >= 4 is 40.6 Å². The van der Waals surface area contributed by atoms with Crippen molar-refractivity contribution in [1.29, 1.82) is 0 Å². The molecule has 6 N–H and O–H groups in total. The number of aliphatic hydroxyl groups excluding tert-OH is 1. The van der Waals surface area contributed by atoms with Gasteiger partial charge in [-0.05, 0) is 74.1 Å². The summed E-state index contributed by atoms with van der Waals surface area (Å²) in [5.41, 5.74) is 10.4. The van der Waals surface area contributed by atoms with Gasteiger partial charge in [-0.15, -0.1) is 0 Å². The summed E-state index contributed by atoms with van der Waals surface area (Å²) in [4.78, 5) is 42.9. The molecule has 11 heteroatoms. The molecule has 4 amide bonds. The number of carbonyl (C=O) groups is 3. The first kappa shape index (κ1) is 34.9. The van der Waals surface area contributed by atoms with Crippen molar-refractivity contribution in [3.8, 4) is 5.75 Å². The van der Waals surface area contributed by atoms with E-state index in [2.05, 4.69) is 20.9 Å². The minimum Gasteiger partial charge on any atom is -0.488 e. The van der Waals surface area contributed by atoms with Crippen LogP contribution in [0.2, 0.25) is 0 Å². The lowest BCUT2D eigenvalue weighted by Gasteiger charge is -2.34. The molecule has 0 bridgehead atoms. The maximum atomic E-state index is 13.6. The average molecular weight is 665 g/mol. The van der Waals surface area contributed by atoms with Crippen LogP contribution < -0.4 is 26.4 Å². The van der Waals surface area contributed by atoms with Crippen LogP contribution >= 0.6 is 0 Å². The van der Waals surface area contributed by atoms with Crippen molar-refractivity contribution in [2.75, 3.05) is 48.4 Å². The SMILES string of the molecule is C[C@@H]1CN([C@H](C)CO)C(=O)Cc2cc(NC(=O)Nc3ccccc3)ccc2O[C@@H]1CN(C)Cc1ccc(C(=O)Nc2ccccc2N)cc1. The molecule has 0 spiro atoms. The minimum absolute atomic E-state index is 0.0571. The van der Waals surface area contributed by atoms with Gasteiger partial charge in [0.15, 0.2) is 0 Å². The number of nitrogens with one attached hydrogen (secondary N) is 3. The number of urea groups is 1. The van der Waals surface area contributed by atoms with E-state index in [1.807, 2.05) is 63.4 Å². The fraction of sp³-hybridized carbons (Fsp3) is 0.289. The first-order chi connectivity index (χ1) is 23.6. The van der Waals surface area contributed by atoms with E-state index in [0.29, 0.717) is 59.3 Å². The van der Waals surface area contributed by atoms with E-state index in [9.17, 15) is 19.5 Å². The number of nitrogens with zero attached hydrogens (tertiary/aromatic N) is 2. The Morgan fingerprint density at radius 3 is 2.37 bits per heavy atom. The number of rotatable bonds is 10. The van der Waals surface area contributed by atoms with Crippen molar-refractivity contribution in [2.24, 2.45) is 5.92 Å². The highest BCUT2D eigenvalue weighted by Gasteiger charge is 2.31. The summed E-state index contributed by atoms with van der Waals surface area (Å²) in [5.74, 6) is 0.130. The molecule has 4 aromatic rings. The van der Waals surface area contributed by atoms with Crippen LogP contribution in [-0.4, -0.2) is 71.6 Å². The minimum atomic E-state index is -0.403. The Morgan fingerprint density at radius 1 is 0.959 bits per heavy atom. The van der Waals surface area contributed by atoms with E-state index < -0.39 is 6.03 Å². The molecule has 4 aromatic carbocycles. The van der Waals surface area contributed by atoms with Gasteiger partial charge in [-0.3, -0.25) is 14.5 Å². The number of likely N-dealkylation sites (N-methyl/N-ethyl adjacent to an activating group) is 1. The topological polar surface area (TPSA) is 149 Å². The Hall–Kier alpha value is -5.39. The molecule has 256 valence electrons. The van der Waals surface area contributed by atoms with Crippen LogP contribution in [0.5, 0.6) is 5.75 Å². The summed E-state index contributed by atoms with van der Waals surface area (Å²) in [6.07, 6.45) is -0.244. The van der Waals surface area contributed by atoms with Gasteiger partial charge in [0.1, 0.15) is 11.9 Å². The number of ether oxygens (including phenoxy) is 1. The predicted octanol–water partition coefficient (Wildman–Crippen LogP) is 5.45. The van der Waals surface area contributed by atoms with E-state index in [1.165, 1.54) is 0 Å². The van der Waals surface area contributed by atoms with Gasteiger partial charge in [-0.1, -0.05) is 49.4 Å². The Labute approximate surface area is 287 Å². The number of nitrogens with two attached hydrogens (primary N) is 1. The van der Waals surface area contributed by atoms with Gasteiger partial charge < -0.3 is 36.4 Å². The second-order valence-electron chi connectivity index (χ2n) is 12.6. The summed E-state index contributed by atoms with van der Waals surface area (Å²) in [7, 11) is 2.00. The van der Waals surface area contributed by atoms with Gasteiger partial charge in [-0.2, -0.15) is 0 Å². The highest BCUT2D eigenvalue weighted by molar-refractivity contribution is 6.05. The highest BCUT2D eigenvalue weighted by Crippen LogP contribution is 2.29. The van der Waals surface area contributed by atoms with E-state index in [4.69, 9.17) is 10.5 Å². The molecule has 0 fully saturated rings. The Morgan fingerprint density at radius 2 is 1.65 bits per heavy atom. The Balaban J connectivity index is 1.29. The molecular formula is C38H44N6O5. The van der Waals surface area contributed by atoms with Gasteiger partial charge in [0.25, 0.3) is 5.91 Å². The number of anilines is 4. The second-order valence-corrected chi connectivity index (χ2v) is 12.6. The molecule has 0 saturated carbocycles. The summed E-state index contributed by atoms with van der Waals surface area (Å²) in [6, 6.07) is 28.2. The van der Waals surface area contributed by atoms with E-state index in [-0.39, 0.29) is 42.9 Å². The number of hydrogen-bond donors (Lipinski definition) is 5. The maximum absolute atomic E-state index is 13.6. The third-order valence-electron chi connectivity index (χ3n) is 8.58. The fourth-order valence-corrected chi connectivity index (χ4v) is 5.79. The molecule has 3 atom stereocenters.